The molecular weight excluding hydrogens is 274 g/mol. The third kappa shape index (κ3) is 2.72. The Kier molecular flexibility index (Phi) is 3.90. The second-order valence-electron chi connectivity index (χ2n) is 5.78. The second-order valence-corrected chi connectivity index (χ2v) is 5.78. The number of ether oxygens (including phenoxy) is 2. The van der Waals surface area contributed by atoms with E-state index in [4.69, 9.17) is 9.47 Å². The largest absolute Gasteiger partial charge is 0.497 e. The van der Waals surface area contributed by atoms with E-state index in [2.05, 4.69) is 50.2 Å². The maximum Gasteiger partial charge on any atom is 0.134 e. The van der Waals surface area contributed by atoms with Crippen molar-refractivity contribution < 1.29 is 9.47 Å². The minimum Gasteiger partial charge on any atom is -0.497 e. The van der Waals surface area contributed by atoms with Crippen molar-refractivity contribution in [2.75, 3.05) is 21.2 Å². The molecule has 0 fully saturated rings. The lowest BCUT2D eigenvalue weighted by atomic mass is 9.96. The van der Waals surface area contributed by atoms with Gasteiger partial charge in [0.15, 0.2) is 0 Å². The Balaban J connectivity index is 1.94. The number of methoxy groups -OCH3 is 1. The van der Waals surface area contributed by atoms with E-state index in [1.54, 1.807) is 7.11 Å². The van der Waals surface area contributed by atoms with E-state index in [9.17, 15) is 0 Å². The molecule has 1 aromatic rings. The molecule has 0 N–H and O–H groups in total. The van der Waals surface area contributed by atoms with Crippen molar-refractivity contribution >= 4 is 5.76 Å². The van der Waals surface area contributed by atoms with Crippen molar-refractivity contribution in [1.29, 1.82) is 0 Å². The number of likely N-dealkylation sites (N-methyl/N-ethyl adjacent to an activating group) is 1. The van der Waals surface area contributed by atoms with Crippen LogP contribution in [0.2, 0.25) is 0 Å². The minimum absolute atomic E-state index is 0.266. The molecule has 3 nitrogen and oxygen atoms in total. The Labute approximate surface area is 131 Å². The van der Waals surface area contributed by atoms with Crippen LogP contribution in [0.1, 0.15) is 12.5 Å². The minimum atomic E-state index is 0.266. The van der Waals surface area contributed by atoms with E-state index in [-0.39, 0.29) is 6.04 Å². The molecule has 2 aliphatic rings. The molecular formula is C19H21NO2. The molecule has 0 saturated heterocycles. The van der Waals surface area contributed by atoms with E-state index < -0.39 is 0 Å². The third-order valence-electron chi connectivity index (χ3n) is 4.01. The number of allylic oxidation sites excluding steroid dienone is 3. The molecule has 0 amide bonds. The number of benzene rings is 1. The fraction of sp³-hybridized carbons (Fsp3) is 0.263. The molecule has 1 aliphatic heterocycles. The summed E-state index contributed by atoms with van der Waals surface area (Å²) in [4.78, 5) is 2.16. The van der Waals surface area contributed by atoms with E-state index in [0.717, 1.165) is 28.4 Å². The Bertz CT molecular complexity index is 691. The van der Waals surface area contributed by atoms with Crippen LogP contribution in [-0.4, -0.2) is 32.1 Å². The van der Waals surface area contributed by atoms with E-state index in [1.165, 1.54) is 5.57 Å². The summed E-state index contributed by atoms with van der Waals surface area (Å²) in [6.45, 7) is 2.12. The van der Waals surface area contributed by atoms with Gasteiger partial charge >= 0.3 is 0 Å². The van der Waals surface area contributed by atoms with Crippen molar-refractivity contribution in [3.05, 3.63) is 71.0 Å². The summed E-state index contributed by atoms with van der Waals surface area (Å²) in [5.41, 5.74) is 3.43. The predicted octanol–water partition coefficient (Wildman–Crippen LogP) is 3.77. The van der Waals surface area contributed by atoms with Crippen molar-refractivity contribution in [3.8, 4) is 5.75 Å². The van der Waals surface area contributed by atoms with Gasteiger partial charge in [0.1, 0.15) is 17.3 Å². The molecule has 1 aromatic carbocycles. The fourth-order valence-corrected chi connectivity index (χ4v) is 2.63. The van der Waals surface area contributed by atoms with Gasteiger partial charge < -0.3 is 9.47 Å². The molecule has 3 rings (SSSR count). The van der Waals surface area contributed by atoms with Gasteiger partial charge in [-0.25, -0.2) is 0 Å². The number of rotatable bonds is 3. The average Bonchev–Trinajstić information content (AvgIpc) is 2.54. The summed E-state index contributed by atoms with van der Waals surface area (Å²) in [6.07, 6.45) is 8.60. The maximum absolute atomic E-state index is 6.15. The number of hydrogen-bond donors (Lipinski definition) is 0. The quantitative estimate of drug-likeness (QED) is 0.847. The number of fused-ring (bicyclic) bond motifs is 1. The maximum atomic E-state index is 6.15. The summed E-state index contributed by atoms with van der Waals surface area (Å²) in [6, 6.07) is 8.20. The molecule has 114 valence electrons. The summed E-state index contributed by atoms with van der Waals surface area (Å²) < 4.78 is 11.4. The Hall–Kier alpha value is -2.26. The highest BCUT2D eigenvalue weighted by Gasteiger charge is 2.22. The van der Waals surface area contributed by atoms with Gasteiger partial charge in [-0.2, -0.15) is 0 Å². The van der Waals surface area contributed by atoms with Crippen LogP contribution in [0, 0.1) is 0 Å². The van der Waals surface area contributed by atoms with Crippen molar-refractivity contribution in [1.82, 2.24) is 4.90 Å². The van der Waals surface area contributed by atoms with E-state index in [0.29, 0.717) is 0 Å². The Morgan fingerprint density at radius 1 is 1.09 bits per heavy atom. The lowest BCUT2D eigenvalue weighted by Gasteiger charge is -2.27. The molecule has 1 aliphatic carbocycles. The average molecular weight is 295 g/mol. The molecule has 3 heteroatoms. The smallest absolute Gasteiger partial charge is 0.134 e. The lowest BCUT2D eigenvalue weighted by molar-refractivity contribution is 0.352. The molecule has 1 unspecified atom stereocenters. The van der Waals surface area contributed by atoms with Crippen LogP contribution in [0.25, 0.3) is 5.76 Å². The first-order valence-corrected chi connectivity index (χ1v) is 7.40. The molecule has 0 bridgehead atoms. The van der Waals surface area contributed by atoms with Gasteiger partial charge in [-0.1, -0.05) is 12.2 Å². The monoisotopic (exact) mass is 295 g/mol. The normalized spacial score (nSPS) is 20.3. The zero-order valence-corrected chi connectivity index (χ0v) is 13.5. The Morgan fingerprint density at radius 3 is 2.45 bits per heavy atom. The summed E-state index contributed by atoms with van der Waals surface area (Å²) in [7, 11) is 5.80. The third-order valence-corrected chi connectivity index (χ3v) is 4.01. The number of hydrogen-bond acceptors (Lipinski definition) is 3. The SMILES string of the molecule is COc1ccc(C2=CC(C)=C3C=CC(N(C)C)C=C3O2)cc1. The molecule has 0 aromatic heterocycles. The van der Waals surface area contributed by atoms with Gasteiger partial charge in [0.05, 0.1) is 7.11 Å². The highest BCUT2D eigenvalue weighted by Crippen LogP contribution is 2.35. The van der Waals surface area contributed by atoms with Crippen molar-refractivity contribution in [3.63, 3.8) is 0 Å². The molecule has 1 atom stereocenters. The van der Waals surface area contributed by atoms with E-state index >= 15 is 0 Å². The number of nitrogens with zero attached hydrogens (tertiary/aromatic N) is 1. The van der Waals surface area contributed by atoms with Crippen LogP contribution in [0.15, 0.2) is 65.5 Å². The summed E-state index contributed by atoms with van der Waals surface area (Å²) in [5.74, 6) is 2.66. The van der Waals surface area contributed by atoms with Gasteiger partial charge in [0.25, 0.3) is 0 Å². The molecule has 1 heterocycles. The van der Waals surface area contributed by atoms with Crippen molar-refractivity contribution in [2.24, 2.45) is 0 Å². The van der Waals surface area contributed by atoms with Crippen LogP contribution in [0.4, 0.5) is 0 Å². The first-order chi connectivity index (χ1) is 10.6. The zero-order chi connectivity index (χ0) is 15.7. The van der Waals surface area contributed by atoms with E-state index in [1.807, 2.05) is 24.3 Å². The summed E-state index contributed by atoms with van der Waals surface area (Å²) in [5, 5.41) is 0. The highest BCUT2D eigenvalue weighted by atomic mass is 16.5. The fourth-order valence-electron chi connectivity index (χ4n) is 2.63. The Morgan fingerprint density at radius 2 is 1.82 bits per heavy atom. The molecule has 22 heavy (non-hydrogen) atoms. The second kappa shape index (κ2) is 5.85. The zero-order valence-electron chi connectivity index (χ0n) is 13.5. The first kappa shape index (κ1) is 14.7. The predicted molar refractivity (Wildman–Crippen MR) is 89.5 cm³/mol. The standard InChI is InChI=1S/C19H21NO2/c1-13-11-18(14-5-8-16(21-4)9-6-14)22-19-12-15(20(2)3)7-10-17(13)19/h5-12,15H,1-4H3. The van der Waals surface area contributed by atoms with Gasteiger partial charge in [-0.15, -0.1) is 0 Å². The highest BCUT2D eigenvalue weighted by molar-refractivity contribution is 5.69. The van der Waals surface area contributed by atoms with Gasteiger partial charge in [0, 0.05) is 17.2 Å². The lowest BCUT2D eigenvalue weighted by Crippen LogP contribution is -2.26. The van der Waals surface area contributed by atoms with Crippen LogP contribution in [0.3, 0.4) is 0 Å². The first-order valence-electron chi connectivity index (χ1n) is 7.40. The van der Waals surface area contributed by atoms with Gasteiger partial charge in [0.2, 0.25) is 0 Å². The van der Waals surface area contributed by atoms with Crippen molar-refractivity contribution in [2.45, 2.75) is 13.0 Å². The van der Waals surface area contributed by atoms with Crippen LogP contribution >= 0.6 is 0 Å². The van der Waals surface area contributed by atoms with Crippen LogP contribution in [0.5, 0.6) is 5.75 Å². The van der Waals surface area contributed by atoms with Gasteiger partial charge in [-0.3, -0.25) is 4.90 Å². The molecule has 0 radical (unpaired) electrons. The van der Waals surface area contributed by atoms with Crippen LogP contribution < -0.4 is 4.74 Å². The molecule has 0 saturated carbocycles. The molecule has 0 spiro atoms. The topological polar surface area (TPSA) is 21.7 Å². The van der Waals surface area contributed by atoms with Gasteiger partial charge in [-0.05, 0) is 63.0 Å². The summed E-state index contributed by atoms with van der Waals surface area (Å²) >= 11 is 0. The van der Waals surface area contributed by atoms with Crippen LogP contribution in [-0.2, 0) is 4.74 Å².